The topological polar surface area (TPSA) is 83.0 Å². The van der Waals surface area contributed by atoms with Crippen molar-refractivity contribution >= 4 is 39.8 Å². The van der Waals surface area contributed by atoms with Gasteiger partial charge < -0.3 is 20.3 Å². The summed E-state index contributed by atoms with van der Waals surface area (Å²) in [5.74, 6) is 2.29. The Morgan fingerprint density at radius 1 is 1.17 bits per heavy atom. The first-order valence-corrected chi connectivity index (χ1v) is 11.9. The van der Waals surface area contributed by atoms with Crippen LogP contribution in [0.2, 0.25) is 0 Å². The van der Waals surface area contributed by atoms with Gasteiger partial charge in [-0.05, 0) is 69.1 Å². The summed E-state index contributed by atoms with van der Waals surface area (Å²) >= 11 is 0. The molecule has 0 saturated carbocycles. The standard InChI is InChI=1S/C20H34N4O3S.HI/c1-17-9-14-24(15-10-17)13-4-11-22-20(21-2)23-12-16-27-18-5-7-19(8-6-18)28(3,25)26;/h5-8,17H,4,9-16H2,1-3H3,(H2,21,22,23);1H. The second kappa shape index (κ2) is 13.3. The molecule has 29 heavy (non-hydrogen) atoms. The number of halogens is 1. The molecule has 0 radical (unpaired) electrons. The van der Waals surface area contributed by atoms with Crippen LogP contribution in [0.5, 0.6) is 5.75 Å². The summed E-state index contributed by atoms with van der Waals surface area (Å²) in [6.07, 6.45) is 4.91. The maximum absolute atomic E-state index is 11.4. The van der Waals surface area contributed by atoms with Gasteiger partial charge in [0.2, 0.25) is 0 Å². The van der Waals surface area contributed by atoms with Crippen LogP contribution in [0.15, 0.2) is 34.2 Å². The molecule has 1 aromatic carbocycles. The van der Waals surface area contributed by atoms with Crippen LogP contribution in [0, 0.1) is 5.92 Å². The maximum atomic E-state index is 11.4. The average Bonchev–Trinajstić information content (AvgIpc) is 2.68. The lowest BCUT2D eigenvalue weighted by molar-refractivity contribution is 0.191. The van der Waals surface area contributed by atoms with E-state index in [1.165, 1.54) is 32.2 Å². The van der Waals surface area contributed by atoms with Crippen molar-refractivity contribution in [3.05, 3.63) is 24.3 Å². The first-order chi connectivity index (χ1) is 13.4. The summed E-state index contributed by atoms with van der Waals surface area (Å²) in [4.78, 5) is 7.06. The van der Waals surface area contributed by atoms with E-state index >= 15 is 0 Å². The minimum Gasteiger partial charge on any atom is -0.492 e. The van der Waals surface area contributed by atoms with Crippen LogP contribution in [0.4, 0.5) is 0 Å². The number of aliphatic imine (C=N–C) groups is 1. The third-order valence-electron chi connectivity index (χ3n) is 4.96. The predicted octanol–water partition coefficient (Wildman–Crippen LogP) is 2.37. The van der Waals surface area contributed by atoms with Crippen molar-refractivity contribution in [3.8, 4) is 5.75 Å². The largest absolute Gasteiger partial charge is 0.492 e. The van der Waals surface area contributed by atoms with E-state index < -0.39 is 9.84 Å². The summed E-state index contributed by atoms with van der Waals surface area (Å²) in [7, 11) is -1.42. The van der Waals surface area contributed by atoms with E-state index in [4.69, 9.17) is 4.74 Å². The van der Waals surface area contributed by atoms with Crippen LogP contribution in [-0.4, -0.2) is 71.9 Å². The first kappa shape index (κ1) is 26.0. The fraction of sp³-hybridized carbons (Fsp3) is 0.650. The van der Waals surface area contributed by atoms with Gasteiger partial charge in [-0.2, -0.15) is 0 Å². The Kier molecular flexibility index (Phi) is 11.9. The number of sulfone groups is 1. The van der Waals surface area contributed by atoms with Crippen molar-refractivity contribution in [3.63, 3.8) is 0 Å². The van der Waals surface area contributed by atoms with Gasteiger partial charge in [-0.25, -0.2) is 8.42 Å². The van der Waals surface area contributed by atoms with E-state index in [0.717, 1.165) is 31.4 Å². The summed E-state index contributed by atoms with van der Waals surface area (Å²) < 4.78 is 28.5. The highest BCUT2D eigenvalue weighted by Crippen LogP contribution is 2.16. The number of hydrogen-bond acceptors (Lipinski definition) is 5. The lowest BCUT2D eigenvalue weighted by Crippen LogP contribution is -2.41. The van der Waals surface area contributed by atoms with Crippen LogP contribution < -0.4 is 15.4 Å². The molecule has 1 fully saturated rings. The number of hydrogen-bond donors (Lipinski definition) is 2. The van der Waals surface area contributed by atoms with Crippen LogP contribution in [0.25, 0.3) is 0 Å². The number of likely N-dealkylation sites (tertiary alicyclic amines) is 1. The SMILES string of the molecule is CN=C(NCCCN1CCC(C)CC1)NCCOc1ccc(S(C)(=O)=O)cc1.I. The molecule has 0 bridgehead atoms. The molecule has 2 rings (SSSR count). The smallest absolute Gasteiger partial charge is 0.191 e. The lowest BCUT2D eigenvalue weighted by atomic mass is 9.99. The Morgan fingerprint density at radius 3 is 2.38 bits per heavy atom. The quantitative estimate of drug-likeness (QED) is 0.218. The van der Waals surface area contributed by atoms with Crippen LogP contribution in [-0.2, 0) is 9.84 Å². The van der Waals surface area contributed by atoms with E-state index in [1.807, 2.05) is 0 Å². The summed E-state index contributed by atoms with van der Waals surface area (Å²) in [5.41, 5.74) is 0. The van der Waals surface area contributed by atoms with E-state index in [2.05, 4.69) is 27.4 Å². The van der Waals surface area contributed by atoms with Gasteiger partial charge in [0.15, 0.2) is 15.8 Å². The number of ether oxygens (including phenoxy) is 1. The molecule has 0 aliphatic carbocycles. The molecule has 1 aliphatic heterocycles. The Balaban J connectivity index is 0.00000420. The maximum Gasteiger partial charge on any atom is 0.191 e. The molecule has 0 spiro atoms. The molecule has 1 aliphatic rings. The second-order valence-corrected chi connectivity index (χ2v) is 9.41. The molecule has 2 N–H and O–H groups in total. The average molecular weight is 538 g/mol. The fourth-order valence-corrected chi connectivity index (χ4v) is 3.77. The number of rotatable bonds is 9. The molecule has 0 aromatic heterocycles. The Hall–Kier alpha value is -1.07. The van der Waals surface area contributed by atoms with Crippen LogP contribution in [0.1, 0.15) is 26.2 Å². The molecule has 1 heterocycles. The van der Waals surface area contributed by atoms with E-state index in [1.54, 1.807) is 31.3 Å². The summed E-state index contributed by atoms with van der Waals surface area (Å²) in [6.45, 7) is 7.86. The highest BCUT2D eigenvalue weighted by molar-refractivity contribution is 14.0. The van der Waals surface area contributed by atoms with E-state index in [-0.39, 0.29) is 24.0 Å². The van der Waals surface area contributed by atoms with Gasteiger partial charge in [-0.15, -0.1) is 24.0 Å². The Bertz CT molecular complexity index is 718. The summed E-state index contributed by atoms with van der Waals surface area (Å²) in [6, 6.07) is 6.46. The zero-order valence-corrected chi connectivity index (χ0v) is 20.8. The van der Waals surface area contributed by atoms with Gasteiger partial charge in [-0.3, -0.25) is 4.99 Å². The van der Waals surface area contributed by atoms with Gasteiger partial charge in [0, 0.05) is 19.8 Å². The lowest BCUT2D eigenvalue weighted by Gasteiger charge is -2.30. The van der Waals surface area contributed by atoms with Crippen molar-refractivity contribution in [2.45, 2.75) is 31.1 Å². The highest BCUT2D eigenvalue weighted by atomic mass is 127. The number of piperidine rings is 1. The third kappa shape index (κ3) is 9.99. The van der Waals surface area contributed by atoms with Crippen molar-refractivity contribution in [1.82, 2.24) is 15.5 Å². The predicted molar refractivity (Wildman–Crippen MR) is 129 cm³/mol. The van der Waals surface area contributed by atoms with Crippen molar-refractivity contribution in [2.24, 2.45) is 10.9 Å². The molecule has 1 aromatic rings. The normalized spacial score (nSPS) is 16.2. The molecule has 0 unspecified atom stereocenters. The van der Waals surface area contributed by atoms with Crippen molar-refractivity contribution in [2.75, 3.05) is 52.6 Å². The molecule has 1 saturated heterocycles. The fourth-order valence-electron chi connectivity index (χ4n) is 3.14. The first-order valence-electron chi connectivity index (χ1n) is 9.98. The number of guanidine groups is 1. The van der Waals surface area contributed by atoms with E-state index in [9.17, 15) is 8.42 Å². The molecule has 0 atom stereocenters. The van der Waals surface area contributed by atoms with Crippen molar-refractivity contribution < 1.29 is 13.2 Å². The molecular formula is C20H35IN4O3S. The van der Waals surface area contributed by atoms with Crippen LogP contribution >= 0.6 is 24.0 Å². The number of benzene rings is 1. The molecule has 7 nitrogen and oxygen atoms in total. The van der Waals surface area contributed by atoms with Gasteiger partial charge in [-0.1, -0.05) is 6.92 Å². The Labute approximate surface area is 192 Å². The molecular weight excluding hydrogens is 503 g/mol. The minimum absolute atomic E-state index is 0. The Morgan fingerprint density at radius 2 is 1.79 bits per heavy atom. The van der Waals surface area contributed by atoms with Gasteiger partial charge >= 0.3 is 0 Å². The number of nitrogens with zero attached hydrogens (tertiary/aromatic N) is 2. The zero-order chi connectivity index (χ0) is 20.4. The zero-order valence-electron chi connectivity index (χ0n) is 17.7. The van der Waals surface area contributed by atoms with Crippen molar-refractivity contribution in [1.29, 1.82) is 0 Å². The monoisotopic (exact) mass is 538 g/mol. The third-order valence-corrected chi connectivity index (χ3v) is 6.09. The molecule has 166 valence electrons. The second-order valence-electron chi connectivity index (χ2n) is 7.40. The van der Waals surface area contributed by atoms with Gasteiger partial charge in [0.1, 0.15) is 12.4 Å². The van der Waals surface area contributed by atoms with Crippen LogP contribution in [0.3, 0.4) is 0 Å². The van der Waals surface area contributed by atoms with Gasteiger partial charge in [0.05, 0.1) is 11.4 Å². The molecule has 0 amide bonds. The van der Waals surface area contributed by atoms with Gasteiger partial charge in [0.25, 0.3) is 0 Å². The number of nitrogens with one attached hydrogen (secondary N) is 2. The molecule has 9 heteroatoms. The summed E-state index contributed by atoms with van der Waals surface area (Å²) in [5, 5.41) is 6.55. The van der Waals surface area contributed by atoms with E-state index in [0.29, 0.717) is 23.8 Å². The minimum atomic E-state index is -3.18. The highest BCUT2D eigenvalue weighted by Gasteiger charge is 2.14.